The minimum atomic E-state index is 0. The van der Waals surface area contributed by atoms with Crippen LogP contribution < -0.4 is 4.18 Å². The highest BCUT2D eigenvalue weighted by Crippen LogP contribution is 2.23. The van der Waals surface area contributed by atoms with E-state index in [0.717, 1.165) is 5.75 Å². The number of hydrogen-bond donors (Lipinski definition) is 0. The van der Waals surface area contributed by atoms with Gasteiger partial charge in [-0.2, -0.15) is 0 Å². The lowest BCUT2D eigenvalue weighted by molar-refractivity contribution is 0.645. The Morgan fingerprint density at radius 3 is 2.64 bits per heavy atom. The Balaban J connectivity index is 0.00000169. The van der Waals surface area contributed by atoms with E-state index in [1.165, 1.54) is 23.2 Å². The van der Waals surface area contributed by atoms with Crippen molar-refractivity contribution in [3.8, 4) is 16.9 Å². The zero-order valence-electron chi connectivity index (χ0n) is 8.55. The molecule has 0 aliphatic rings. The van der Waals surface area contributed by atoms with Gasteiger partial charge in [-0.1, -0.05) is 18.1 Å². The number of benzene rings is 1. The summed E-state index contributed by atoms with van der Waals surface area (Å²) in [5.74, 6) is 3.66. The molecule has 1 rings (SSSR count). The average molecular weight is 210 g/mol. The van der Waals surface area contributed by atoms with E-state index >= 15 is 0 Å². The van der Waals surface area contributed by atoms with Crippen LogP contribution in [0.1, 0.15) is 18.1 Å². The summed E-state index contributed by atoms with van der Waals surface area (Å²) in [5, 5.41) is 2.79. The Kier molecular flexibility index (Phi) is 5.86. The van der Waals surface area contributed by atoms with Crippen molar-refractivity contribution < 1.29 is 9.66 Å². The molecule has 2 N–H and O–H groups in total. The maximum atomic E-state index is 5.40. The monoisotopic (exact) mass is 210 g/mol. The van der Waals surface area contributed by atoms with Gasteiger partial charge in [0.15, 0.2) is 0 Å². The van der Waals surface area contributed by atoms with Crippen molar-refractivity contribution in [2.75, 3.05) is 0 Å². The fourth-order valence-electron chi connectivity index (χ4n) is 0.922. The molecule has 0 unspecified atom stereocenters. The Morgan fingerprint density at radius 1 is 1.29 bits per heavy atom. The molecule has 0 aliphatic heterocycles. The van der Waals surface area contributed by atoms with Crippen LogP contribution in [0, 0.1) is 25.0 Å². The third-order valence-corrected chi connectivity index (χ3v) is 2.38. The first-order valence-corrected chi connectivity index (χ1v) is 4.81. The van der Waals surface area contributed by atoms with E-state index in [2.05, 4.69) is 24.2 Å². The molecule has 0 spiro atoms. The fraction of sp³-hybridized carbons (Fsp3) is 0.273. The molecule has 76 valence electrons. The molecule has 0 heterocycles. The predicted octanol–water partition coefficient (Wildman–Crippen LogP) is 2.49. The van der Waals surface area contributed by atoms with Crippen molar-refractivity contribution >= 4 is 12.0 Å². The lowest BCUT2D eigenvalue weighted by Crippen LogP contribution is -1.86. The lowest BCUT2D eigenvalue weighted by atomic mass is 10.1. The normalized spacial score (nSPS) is 8.21. The minimum absolute atomic E-state index is 0. The Hall–Kier alpha value is -1.11. The van der Waals surface area contributed by atoms with E-state index in [4.69, 9.17) is 4.18 Å². The average Bonchev–Trinajstić information content (AvgIpc) is 2.13. The second-order valence-corrected chi connectivity index (χ2v) is 3.25. The van der Waals surface area contributed by atoms with Crippen LogP contribution >= 0.6 is 12.0 Å². The van der Waals surface area contributed by atoms with Gasteiger partial charge in [0.1, 0.15) is 17.8 Å². The number of rotatable bonds is 2. The third kappa shape index (κ3) is 3.33. The van der Waals surface area contributed by atoms with Crippen molar-refractivity contribution in [1.82, 2.24) is 0 Å². The molecule has 0 atom stereocenters. The van der Waals surface area contributed by atoms with Gasteiger partial charge >= 0.3 is 0 Å². The maximum Gasteiger partial charge on any atom is 0.145 e. The van der Waals surface area contributed by atoms with Crippen molar-refractivity contribution in [2.24, 2.45) is 0 Å². The van der Waals surface area contributed by atoms with E-state index in [9.17, 15) is 0 Å². The second kappa shape index (κ2) is 6.36. The van der Waals surface area contributed by atoms with E-state index in [1.807, 2.05) is 19.1 Å². The van der Waals surface area contributed by atoms with Crippen LogP contribution in [-0.2, 0) is 0 Å². The van der Waals surface area contributed by atoms with E-state index in [-0.39, 0.29) is 5.48 Å². The molecule has 14 heavy (non-hydrogen) atoms. The zero-order valence-corrected chi connectivity index (χ0v) is 9.37. The van der Waals surface area contributed by atoms with Gasteiger partial charge in [-0.05, 0) is 38.0 Å². The molecule has 0 radical (unpaired) electrons. The van der Waals surface area contributed by atoms with Crippen LogP contribution in [0.25, 0.3) is 0 Å². The van der Waals surface area contributed by atoms with Gasteiger partial charge in [-0.15, -0.1) is 0 Å². The second-order valence-electron chi connectivity index (χ2n) is 2.72. The SMILES string of the molecule is CC#CSOc1cccc(C)c1C.O. The molecule has 0 aliphatic carbocycles. The minimum Gasteiger partial charge on any atom is -0.412 e. The quantitative estimate of drug-likeness (QED) is 0.556. The molecular weight excluding hydrogens is 196 g/mol. The molecule has 0 aromatic heterocycles. The molecule has 0 saturated carbocycles. The van der Waals surface area contributed by atoms with Gasteiger partial charge in [0.2, 0.25) is 0 Å². The molecule has 0 bridgehead atoms. The van der Waals surface area contributed by atoms with Gasteiger partial charge in [0.05, 0.1) is 0 Å². The molecule has 0 amide bonds. The summed E-state index contributed by atoms with van der Waals surface area (Å²) in [6.07, 6.45) is 0. The van der Waals surface area contributed by atoms with E-state index < -0.39 is 0 Å². The first-order valence-electron chi connectivity index (χ1n) is 4.07. The van der Waals surface area contributed by atoms with Gasteiger partial charge in [-0.3, -0.25) is 0 Å². The summed E-state index contributed by atoms with van der Waals surface area (Å²) < 4.78 is 5.40. The van der Waals surface area contributed by atoms with Gasteiger partial charge in [0, 0.05) is 5.25 Å². The fourth-order valence-corrected chi connectivity index (χ4v) is 1.32. The Labute approximate surface area is 89.2 Å². The molecule has 0 fully saturated rings. The smallest absolute Gasteiger partial charge is 0.145 e. The van der Waals surface area contributed by atoms with Crippen LogP contribution in [0.5, 0.6) is 5.75 Å². The topological polar surface area (TPSA) is 40.7 Å². The van der Waals surface area contributed by atoms with Crippen molar-refractivity contribution in [2.45, 2.75) is 20.8 Å². The lowest BCUT2D eigenvalue weighted by Gasteiger charge is -2.05. The Morgan fingerprint density at radius 2 is 2.00 bits per heavy atom. The highest BCUT2D eigenvalue weighted by molar-refractivity contribution is 7.99. The summed E-state index contributed by atoms with van der Waals surface area (Å²) in [5.41, 5.74) is 2.41. The number of hydrogen-bond acceptors (Lipinski definition) is 2. The Bertz CT molecular complexity index is 350. The van der Waals surface area contributed by atoms with Crippen LogP contribution in [0.2, 0.25) is 0 Å². The van der Waals surface area contributed by atoms with Crippen molar-refractivity contribution in [3.63, 3.8) is 0 Å². The van der Waals surface area contributed by atoms with Gasteiger partial charge < -0.3 is 9.66 Å². The van der Waals surface area contributed by atoms with Crippen molar-refractivity contribution in [3.05, 3.63) is 29.3 Å². The van der Waals surface area contributed by atoms with Crippen molar-refractivity contribution in [1.29, 1.82) is 0 Å². The predicted molar refractivity (Wildman–Crippen MR) is 61.2 cm³/mol. The maximum absolute atomic E-state index is 5.40. The summed E-state index contributed by atoms with van der Waals surface area (Å²) in [6, 6.07) is 6.00. The molecule has 0 saturated heterocycles. The first kappa shape index (κ1) is 12.9. The summed E-state index contributed by atoms with van der Waals surface area (Å²) >= 11 is 1.17. The highest BCUT2D eigenvalue weighted by Gasteiger charge is 2.00. The standard InChI is InChI=1S/C11H12OS.H2O/c1-4-8-13-12-11-7-5-6-9(2)10(11)3;/h5-7H,1-3H3;1H2. The van der Waals surface area contributed by atoms with Gasteiger partial charge in [-0.25, -0.2) is 0 Å². The van der Waals surface area contributed by atoms with E-state index in [1.54, 1.807) is 6.92 Å². The first-order chi connectivity index (χ1) is 6.25. The third-order valence-electron chi connectivity index (χ3n) is 1.83. The summed E-state index contributed by atoms with van der Waals surface area (Å²) in [7, 11) is 0. The molecule has 3 heteroatoms. The molecule has 2 nitrogen and oxygen atoms in total. The summed E-state index contributed by atoms with van der Waals surface area (Å²) in [4.78, 5) is 0. The summed E-state index contributed by atoms with van der Waals surface area (Å²) in [6.45, 7) is 5.91. The molecule has 1 aromatic rings. The van der Waals surface area contributed by atoms with Crippen LogP contribution in [0.3, 0.4) is 0 Å². The van der Waals surface area contributed by atoms with Crippen LogP contribution in [0.15, 0.2) is 18.2 Å². The van der Waals surface area contributed by atoms with Crippen LogP contribution in [0.4, 0.5) is 0 Å². The molecule has 1 aromatic carbocycles. The number of aryl methyl sites for hydroxylation is 1. The zero-order chi connectivity index (χ0) is 9.68. The van der Waals surface area contributed by atoms with Gasteiger partial charge in [0.25, 0.3) is 0 Å². The molecular formula is C11H14O2S. The highest BCUT2D eigenvalue weighted by atomic mass is 32.2. The van der Waals surface area contributed by atoms with Crippen LogP contribution in [-0.4, -0.2) is 5.48 Å². The largest absolute Gasteiger partial charge is 0.412 e. The van der Waals surface area contributed by atoms with E-state index in [0.29, 0.717) is 0 Å².